The van der Waals surface area contributed by atoms with Crippen LogP contribution in [0.5, 0.6) is 11.5 Å². The van der Waals surface area contributed by atoms with Crippen LogP contribution in [-0.2, 0) is 14.8 Å². The molecule has 0 aromatic heterocycles. The van der Waals surface area contributed by atoms with E-state index in [1.807, 2.05) is 6.07 Å². The summed E-state index contributed by atoms with van der Waals surface area (Å²) in [4.78, 5) is 0.107. The minimum Gasteiger partial charge on any atom is -0.493 e. The standard InChI is InChI=1S/C16H22N2O5S/c1-21-15-7-6-14(11-16(15)22-2)24(19,20)18(9-4-8-17)12-13-5-3-10-23-13/h6-7,11,13H,3-5,9-10,12H2,1-2H3/t13-/m0/s1. The molecule has 1 aromatic carbocycles. The quantitative estimate of drug-likeness (QED) is 0.707. The lowest BCUT2D eigenvalue weighted by molar-refractivity contribution is 0.0941. The SMILES string of the molecule is COc1ccc(S(=O)(=O)N(CCC#N)C[C@@H]2CCCO2)cc1OC. The number of methoxy groups -OCH3 is 2. The van der Waals surface area contributed by atoms with Crippen LogP contribution in [-0.4, -0.2) is 52.7 Å². The minimum atomic E-state index is -3.75. The highest BCUT2D eigenvalue weighted by Gasteiger charge is 2.29. The zero-order valence-electron chi connectivity index (χ0n) is 13.9. The van der Waals surface area contributed by atoms with Crippen molar-refractivity contribution in [2.75, 3.05) is 33.9 Å². The topological polar surface area (TPSA) is 88.9 Å². The monoisotopic (exact) mass is 354 g/mol. The van der Waals surface area contributed by atoms with Gasteiger partial charge in [0.25, 0.3) is 0 Å². The van der Waals surface area contributed by atoms with Crippen molar-refractivity contribution in [3.05, 3.63) is 18.2 Å². The largest absolute Gasteiger partial charge is 0.493 e. The molecule has 132 valence electrons. The summed E-state index contributed by atoms with van der Waals surface area (Å²) in [5, 5.41) is 8.82. The number of benzene rings is 1. The molecule has 1 aliphatic heterocycles. The Balaban J connectivity index is 2.30. The molecule has 1 heterocycles. The second kappa shape index (κ2) is 8.33. The van der Waals surface area contributed by atoms with Crippen molar-refractivity contribution in [1.29, 1.82) is 5.26 Å². The normalized spacial score (nSPS) is 17.7. The Labute approximate surface area is 142 Å². The number of ether oxygens (including phenoxy) is 3. The summed E-state index contributed by atoms with van der Waals surface area (Å²) in [7, 11) is -0.810. The molecule has 0 N–H and O–H groups in total. The fourth-order valence-electron chi connectivity index (χ4n) is 2.63. The van der Waals surface area contributed by atoms with Crippen LogP contribution in [0.25, 0.3) is 0 Å². The van der Waals surface area contributed by atoms with Gasteiger partial charge in [-0.15, -0.1) is 0 Å². The van der Waals surface area contributed by atoms with Crippen LogP contribution in [0, 0.1) is 11.3 Å². The second-order valence-electron chi connectivity index (χ2n) is 5.42. The highest BCUT2D eigenvalue weighted by molar-refractivity contribution is 7.89. The molecule has 0 aliphatic carbocycles. The zero-order valence-corrected chi connectivity index (χ0v) is 14.7. The van der Waals surface area contributed by atoms with E-state index in [4.69, 9.17) is 19.5 Å². The molecular weight excluding hydrogens is 332 g/mol. The van der Waals surface area contributed by atoms with Gasteiger partial charge in [0, 0.05) is 32.2 Å². The van der Waals surface area contributed by atoms with Gasteiger partial charge in [-0.25, -0.2) is 8.42 Å². The first kappa shape index (κ1) is 18.5. The van der Waals surface area contributed by atoms with Crippen molar-refractivity contribution >= 4 is 10.0 Å². The van der Waals surface area contributed by atoms with Crippen molar-refractivity contribution in [2.45, 2.75) is 30.3 Å². The van der Waals surface area contributed by atoms with Crippen molar-refractivity contribution in [3.8, 4) is 17.6 Å². The van der Waals surface area contributed by atoms with E-state index < -0.39 is 10.0 Å². The molecule has 24 heavy (non-hydrogen) atoms. The summed E-state index contributed by atoms with van der Waals surface area (Å²) >= 11 is 0. The molecule has 2 rings (SSSR count). The molecule has 1 fully saturated rings. The van der Waals surface area contributed by atoms with Crippen LogP contribution >= 0.6 is 0 Å². The molecule has 1 aliphatic rings. The van der Waals surface area contributed by atoms with Gasteiger partial charge in [0.2, 0.25) is 10.0 Å². The third kappa shape index (κ3) is 4.17. The molecule has 0 bridgehead atoms. The zero-order chi connectivity index (χ0) is 17.6. The first-order chi connectivity index (χ1) is 11.5. The van der Waals surface area contributed by atoms with Crippen molar-refractivity contribution < 1.29 is 22.6 Å². The van der Waals surface area contributed by atoms with Crippen molar-refractivity contribution in [2.24, 2.45) is 0 Å². The Bertz CT molecular complexity index is 693. The highest BCUT2D eigenvalue weighted by Crippen LogP contribution is 2.31. The molecule has 1 atom stereocenters. The van der Waals surface area contributed by atoms with E-state index in [0.717, 1.165) is 12.8 Å². The summed E-state index contributed by atoms with van der Waals surface area (Å²) in [6.45, 7) is 1.03. The van der Waals surface area contributed by atoms with Gasteiger partial charge in [-0.2, -0.15) is 9.57 Å². The maximum absolute atomic E-state index is 13.0. The minimum absolute atomic E-state index is 0.107. The number of rotatable bonds is 8. The van der Waals surface area contributed by atoms with E-state index in [2.05, 4.69) is 0 Å². The van der Waals surface area contributed by atoms with Crippen LogP contribution < -0.4 is 9.47 Å². The van der Waals surface area contributed by atoms with Crippen LogP contribution in [0.2, 0.25) is 0 Å². The Morgan fingerprint density at radius 3 is 2.67 bits per heavy atom. The molecule has 1 saturated heterocycles. The van der Waals surface area contributed by atoms with E-state index in [9.17, 15) is 8.42 Å². The fourth-order valence-corrected chi connectivity index (χ4v) is 4.11. The van der Waals surface area contributed by atoms with E-state index >= 15 is 0 Å². The first-order valence-corrected chi connectivity index (χ1v) is 9.17. The average Bonchev–Trinajstić information content (AvgIpc) is 3.10. The second-order valence-corrected chi connectivity index (χ2v) is 7.36. The Morgan fingerprint density at radius 2 is 2.08 bits per heavy atom. The van der Waals surface area contributed by atoms with Gasteiger partial charge < -0.3 is 14.2 Å². The van der Waals surface area contributed by atoms with Crippen LogP contribution in [0.3, 0.4) is 0 Å². The molecule has 7 nitrogen and oxygen atoms in total. The maximum atomic E-state index is 13.0. The van der Waals surface area contributed by atoms with Gasteiger partial charge >= 0.3 is 0 Å². The van der Waals surface area contributed by atoms with E-state index in [1.54, 1.807) is 6.07 Å². The van der Waals surface area contributed by atoms with E-state index in [0.29, 0.717) is 18.1 Å². The predicted octanol–water partition coefficient (Wildman–Crippen LogP) is 1.79. The number of sulfonamides is 1. The Morgan fingerprint density at radius 1 is 1.33 bits per heavy atom. The van der Waals surface area contributed by atoms with Gasteiger partial charge in [0.05, 0.1) is 31.3 Å². The van der Waals surface area contributed by atoms with Crippen LogP contribution in [0.15, 0.2) is 23.1 Å². The molecule has 1 aromatic rings. The first-order valence-electron chi connectivity index (χ1n) is 7.73. The lowest BCUT2D eigenvalue weighted by Gasteiger charge is -2.24. The van der Waals surface area contributed by atoms with Crippen LogP contribution in [0.1, 0.15) is 19.3 Å². The molecule has 0 unspecified atom stereocenters. The molecule has 0 radical (unpaired) electrons. The number of nitriles is 1. The van der Waals surface area contributed by atoms with E-state index in [-0.39, 0.29) is 30.5 Å². The van der Waals surface area contributed by atoms with Gasteiger partial charge in [0.15, 0.2) is 11.5 Å². The number of hydrogen-bond acceptors (Lipinski definition) is 6. The maximum Gasteiger partial charge on any atom is 0.243 e. The Kier molecular flexibility index (Phi) is 6.43. The van der Waals surface area contributed by atoms with Gasteiger partial charge in [-0.3, -0.25) is 0 Å². The third-order valence-corrected chi connectivity index (χ3v) is 5.76. The van der Waals surface area contributed by atoms with E-state index in [1.165, 1.54) is 30.7 Å². The smallest absolute Gasteiger partial charge is 0.243 e. The Hall–Kier alpha value is -1.82. The summed E-state index contributed by atoms with van der Waals surface area (Å²) < 4.78 is 43.1. The summed E-state index contributed by atoms with van der Waals surface area (Å²) in [5.74, 6) is 0.801. The summed E-state index contributed by atoms with van der Waals surface area (Å²) in [6.07, 6.45) is 1.75. The van der Waals surface area contributed by atoms with Gasteiger partial charge in [-0.1, -0.05) is 0 Å². The lowest BCUT2D eigenvalue weighted by Crippen LogP contribution is -2.38. The van der Waals surface area contributed by atoms with Gasteiger partial charge in [0.1, 0.15) is 0 Å². The lowest BCUT2D eigenvalue weighted by atomic mass is 10.2. The number of hydrogen-bond donors (Lipinski definition) is 0. The van der Waals surface area contributed by atoms with Crippen molar-refractivity contribution in [1.82, 2.24) is 4.31 Å². The van der Waals surface area contributed by atoms with Gasteiger partial charge in [-0.05, 0) is 25.0 Å². The number of nitrogens with zero attached hydrogens (tertiary/aromatic N) is 2. The summed E-state index contributed by atoms with van der Waals surface area (Å²) in [5.41, 5.74) is 0. The third-order valence-electron chi connectivity index (χ3n) is 3.90. The highest BCUT2D eigenvalue weighted by atomic mass is 32.2. The van der Waals surface area contributed by atoms with Crippen molar-refractivity contribution in [3.63, 3.8) is 0 Å². The molecule has 0 amide bonds. The fraction of sp³-hybridized carbons (Fsp3) is 0.562. The molecule has 0 saturated carbocycles. The average molecular weight is 354 g/mol. The summed E-state index contributed by atoms with van der Waals surface area (Å²) in [6, 6.07) is 6.46. The predicted molar refractivity (Wildman–Crippen MR) is 87.5 cm³/mol. The van der Waals surface area contributed by atoms with Crippen LogP contribution in [0.4, 0.5) is 0 Å². The molecule has 0 spiro atoms. The molecule has 8 heteroatoms. The molecular formula is C16H22N2O5S.